The van der Waals surface area contributed by atoms with Gasteiger partial charge in [0, 0.05) is 24.4 Å². The molecule has 0 heterocycles. The van der Waals surface area contributed by atoms with Crippen molar-refractivity contribution in [3.63, 3.8) is 0 Å². The van der Waals surface area contributed by atoms with Crippen molar-refractivity contribution in [1.82, 2.24) is 0 Å². The largest absolute Gasteiger partial charge is 0.501 e. The normalized spacial score (nSPS) is 18.1. The van der Waals surface area contributed by atoms with E-state index in [0.29, 0.717) is 19.0 Å². The highest BCUT2D eigenvalue weighted by molar-refractivity contribution is 6.60. The van der Waals surface area contributed by atoms with Crippen LogP contribution in [0.3, 0.4) is 0 Å². The Morgan fingerprint density at radius 2 is 1.32 bits per heavy atom. The first-order valence-corrected chi connectivity index (χ1v) is 10.4. The summed E-state index contributed by atoms with van der Waals surface area (Å²) in [4.78, 5) is 13.9. The van der Waals surface area contributed by atoms with Crippen LogP contribution >= 0.6 is 0 Å². The van der Waals surface area contributed by atoms with E-state index >= 15 is 0 Å². The average molecular weight is 332 g/mol. The minimum Gasteiger partial charge on any atom is -0.371 e. The van der Waals surface area contributed by atoms with Crippen molar-refractivity contribution in [2.75, 3.05) is 6.54 Å². The molecule has 0 aliphatic rings. The highest BCUT2D eigenvalue weighted by atomic mass is 28.4. The lowest BCUT2D eigenvalue weighted by Crippen LogP contribution is -2.51. The monoisotopic (exact) mass is 331 g/mol. The molecule has 0 aliphatic heterocycles. The second kappa shape index (κ2) is 12.0. The second-order valence-electron chi connectivity index (χ2n) is 5.77. The van der Waals surface area contributed by atoms with E-state index in [0.717, 1.165) is 19.3 Å². The number of nitrogens with zero attached hydrogens (tertiary/aromatic N) is 1. The highest BCUT2D eigenvalue weighted by Gasteiger charge is 2.44. The van der Waals surface area contributed by atoms with E-state index in [4.69, 9.17) is 13.3 Å². The third-order valence-electron chi connectivity index (χ3n) is 3.68. The Labute approximate surface area is 136 Å². The molecule has 0 aromatic carbocycles. The number of isocyanates is 1. The van der Waals surface area contributed by atoms with Gasteiger partial charge in [0.2, 0.25) is 6.08 Å². The Bertz CT molecular complexity index is 303. The van der Waals surface area contributed by atoms with Crippen LogP contribution in [0.4, 0.5) is 0 Å². The van der Waals surface area contributed by atoms with Gasteiger partial charge in [0.1, 0.15) is 0 Å². The highest BCUT2D eigenvalue weighted by Crippen LogP contribution is 2.25. The Balaban J connectivity index is 5.12. The summed E-state index contributed by atoms with van der Waals surface area (Å²) in [5, 5.41) is 0. The molecule has 3 unspecified atom stereocenters. The molecular weight excluding hydrogens is 298 g/mol. The van der Waals surface area contributed by atoms with Crippen molar-refractivity contribution in [3.05, 3.63) is 0 Å². The van der Waals surface area contributed by atoms with Crippen LogP contribution in [0.5, 0.6) is 0 Å². The van der Waals surface area contributed by atoms with Gasteiger partial charge in [-0.2, -0.15) is 0 Å². The van der Waals surface area contributed by atoms with Gasteiger partial charge < -0.3 is 13.3 Å². The predicted molar refractivity (Wildman–Crippen MR) is 90.7 cm³/mol. The summed E-state index contributed by atoms with van der Waals surface area (Å²) in [6.07, 6.45) is 5.30. The first-order valence-electron chi connectivity index (χ1n) is 8.50. The van der Waals surface area contributed by atoms with Crippen LogP contribution in [0.2, 0.25) is 6.04 Å². The lowest BCUT2D eigenvalue weighted by atomic mass is 10.3. The van der Waals surface area contributed by atoms with Crippen molar-refractivity contribution in [1.29, 1.82) is 0 Å². The minimum absolute atomic E-state index is 0.0920. The van der Waals surface area contributed by atoms with Crippen LogP contribution in [-0.4, -0.2) is 39.7 Å². The van der Waals surface area contributed by atoms with Gasteiger partial charge in [-0.1, -0.05) is 20.8 Å². The van der Waals surface area contributed by atoms with Gasteiger partial charge in [0.15, 0.2) is 0 Å². The standard InChI is InChI=1S/C16H33NO4Si/c1-7-14(4)19-22(20-15(5)8-2,21-16(6)9-3)12-10-11-17-13-18/h14-16H,7-12H2,1-6H3. The number of hydrogen-bond donors (Lipinski definition) is 0. The topological polar surface area (TPSA) is 57.1 Å². The Kier molecular flexibility index (Phi) is 11.7. The molecule has 0 saturated heterocycles. The number of hydrogen-bond acceptors (Lipinski definition) is 5. The third kappa shape index (κ3) is 8.81. The zero-order valence-corrected chi connectivity index (χ0v) is 16.1. The minimum atomic E-state index is -2.79. The predicted octanol–water partition coefficient (Wildman–Crippen LogP) is 4.10. The number of aliphatic imine (C=N–C) groups is 1. The van der Waals surface area contributed by atoms with E-state index in [9.17, 15) is 4.79 Å². The molecule has 0 aromatic heterocycles. The van der Waals surface area contributed by atoms with Crippen LogP contribution in [0.1, 0.15) is 67.2 Å². The quantitative estimate of drug-likeness (QED) is 0.221. The van der Waals surface area contributed by atoms with E-state index in [1.165, 1.54) is 0 Å². The van der Waals surface area contributed by atoms with E-state index in [2.05, 4.69) is 25.8 Å². The lowest BCUT2D eigenvalue weighted by molar-refractivity contribution is -0.0109. The van der Waals surface area contributed by atoms with Gasteiger partial charge in [0.05, 0.1) is 6.54 Å². The summed E-state index contributed by atoms with van der Waals surface area (Å²) in [6, 6.07) is 0.678. The van der Waals surface area contributed by atoms with Crippen LogP contribution in [0.25, 0.3) is 0 Å². The van der Waals surface area contributed by atoms with Crippen LogP contribution in [0, 0.1) is 0 Å². The Morgan fingerprint density at radius 3 is 1.64 bits per heavy atom. The molecule has 0 fully saturated rings. The van der Waals surface area contributed by atoms with E-state index in [-0.39, 0.29) is 18.3 Å². The summed E-state index contributed by atoms with van der Waals surface area (Å²) in [5.74, 6) is 0. The molecular formula is C16H33NO4Si. The molecule has 5 nitrogen and oxygen atoms in total. The number of carbonyl (C=O) groups excluding carboxylic acids is 1. The summed E-state index contributed by atoms with van der Waals surface area (Å²) in [7, 11) is -2.79. The lowest BCUT2D eigenvalue weighted by Gasteiger charge is -2.36. The van der Waals surface area contributed by atoms with Crippen molar-refractivity contribution in [2.24, 2.45) is 4.99 Å². The van der Waals surface area contributed by atoms with Crippen molar-refractivity contribution >= 4 is 14.9 Å². The summed E-state index contributed by atoms with van der Waals surface area (Å²) in [6.45, 7) is 12.9. The van der Waals surface area contributed by atoms with Crippen molar-refractivity contribution in [2.45, 2.75) is 91.6 Å². The van der Waals surface area contributed by atoms with Gasteiger partial charge in [-0.15, -0.1) is 0 Å². The van der Waals surface area contributed by atoms with Crippen LogP contribution < -0.4 is 0 Å². The molecule has 0 aromatic rings. The summed E-state index contributed by atoms with van der Waals surface area (Å²) in [5.41, 5.74) is 0. The molecule has 0 N–H and O–H groups in total. The van der Waals surface area contributed by atoms with Gasteiger partial charge >= 0.3 is 8.80 Å². The molecule has 0 bridgehead atoms. The maximum atomic E-state index is 10.2. The van der Waals surface area contributed by atoms with Crippen molar-refractivity contribution < 1.29 is 18.1 Å². The Hall–Kier alpha value is -0.523. The summed E-state index contributed by atoms with van der Waals surface area (Å²) >= 11 is 0. The molecule has 130 valence electrons. The third-order valence-corrected chi connectivity index (χ3v) is 6.93. The first kappa shape index (κ1) is 21.5. The Morgan fingerprint density at radius 1 is 0.909 bits per heavy atom. The van der Waals surface area contributed by atoms with Gasteiger partial charge in [-0.25, -0.2) is 9.79 Å². The van der Waals surface area contributed by atoms with Crippen molar-refractivity contribution in [3.8, 4) is 0 Å². The summed E-state index contributed by atoms with van der Waals surface area (Å²) < 4.78 is 18.8. The second-order valence-corrected chi connectivity index (χ2v) is 8.34. The zero-order valence-electron chi connectivity index (χ0n) is 15.1. The molecule has 0 saturated carbocycles. The molecule has 0 radical (unpaired) electrons. The maximum absolute atomic E-state index is 10.2. The van der Waals surface area contributed by atoms with Gasteiger partial charge in [-0.3, -0.25) is 0 Å². The molecule has 0 spiro atoms. The first-order chi connectivity index (χ1) is 10.4. The van der Waals surface area contributed by atoms with Gasteiger partial charge in [-0.05, 0) is 46.5 Å². The number of rotatable bonds is 13. The fraction of sp³-hybridized carbons (Fsp3) is 0.938. The van der Waals surface area contributed by atoms with Crippen LogP contribution in [0.15, 0.2) is 4.99 Å². The van der Waals surface area contributed by atoms with E-state index < -0.39 is 8.80 Å². The zero-order chi connectivity index (χ0) is 17.0. The molecule has 22 heavy (non-hydrogen) atoms. The maximum Gasteiger partial charge on any atom is 0.501 e. The van der Waals surface area contributed by atoms with Gasteiger partial charge in [0.25, 0.3) is 0 Å². The fourth-order valence-corrected chi connectivity index (χ4v) is 5.30. The van der Waals surface area contributed by atoms with E-state index in [1.807, 2.05) is 20.8 Å². The molecule has 0 aliphatic carbocycles. The van der Waals surface area contributed by atoms with E-state index in [1.54, 1.807) is 6.08 Å². The average Bonchev–Trinajstić information content (AvgIpc) is 2.51. The molecule has 6 heteroatoms. The molecule has 3 atom stereocenters. The molecule has 0 amide bonds. The fourth-order valence-electron chi connectivity index (χ4n) is 1.85. The SMILES string of the molecule is CCC(C)O[Si](CCCN=C=O)(OC(C)CC)OC(C)CC. The smallest absolute Gasteiger partial charge is 0.371 e. The molecule has 0 rings (SSSR count). The van der Waals surface area contributed by atoms with Crippen LogP contribution in [-0.2, 0) is 18.1 Å².